The lowest BCUT2D eigenvalue weighted by Crippen LogP contribution is -2.42. The Labute approximate surface area is 118 Å². The third-order valence-corrected chi connectivity index (χ3v) is 4.40. The summed E-state index contributed by atoms with van der Waals surface area (Å²) in [7, 11) is 0. The molecule has 3 N–H and O–H groups in total. The number of benzene rings is 1. The van der Waals surface area contributed by atoms with E-state index in [-0.39, 0.29) is 5.54 Å². The fraction of sp³-hybridized carbons (Fsp3) is 0.400. The highest BCUT2D eigenvalue weighted by atomic mass is 35.5. The number of nitrogens with two attached hydrogens (primary N) is 1. The number of anilines is 1. The molecule has 1 aromatic carbocycles. The van der Waals surface area contributed by atoms with E-state index in [2.05, 4.69) is 10.3 Å². The van der Waals surface area contributed by atoms with Crippen LogP contribution in [0.5, 0.6) is 0 Å². The standard InChI is InChI=1S/C15H18ClN3/c16-12-5-6-13(14-11(12)4-3-9-18-14)19-15(10-17)7-1-2-8-15/h3-6,9,19H,1-2,7-8,10,17H2. The molecule has 3 rings (SSSR count). The van der Waals surface area contributed by atoms with Crippen LogP contribution in [0, 0.1) is 0 Å². The van der Waals surface area contributed by atoms with E-state index in [1.807, 2.05) is 24.3 Å². The third kappa shape index (κ3) is 2.28. The van der Waals surface area contributed by atoms with Gasteiger partial charge in [-0.1, -0.05) is 24.4 Å². The molecule has 1 heterocycles. The molecule has 0 unspecified atom stereocenters. The molecule has 100 valence electrons. The van der Waals surface area contributed by atoms with Crippen molar-refractivity contribution in [2.24, 2.45) is 5.73 Å². The summed E-state index contributed by atoms with van der Waals surface area (Å²) >= 11 is 6.22. The Bertz CT molecular complexity index is 591. The average molecular weight is 276 g/mol. The first-order chi connectivity index (χ1) is 9.24. The van der Waals surface area contributed by atoms with E-state index in [1.54, 1.807) is 6.20 Å². The Morgan fingerprint density at radius 2 is 2.05 bits per heavy atom. The summed E-state index contributed by atoms with van der Waals surface area (Å²) in [6.45, 7) is 0.657. The normalized spacial score (nSPS) is 17.8. The lowest BCUT2D eigenvalue weighted by molar-refractivity contribution is 0.494. The molecule has 1 fully saturated rings. The van der Waals surface area contributed by atoms with Crippen LogP contribution in [0.25, 0.3) is 10.9 Å². The molecule has 19 heavy (non-hydrogen) atoms. The van der Waals surface area contributed by atoms with Crippen LogP contribution < -0.4 is 11.1 Å². The van der Waals surface area contributed by atoms with Gasteiger partial charge in [0.2, 0.25) is 0 Å². The van der Waals surface area contributed by atoms with Crippen LogP contribution in [-0.4, -0.2) is 17.1 Å². The maximum absolute atomic E-state index is 6.22. The van der Waals surface area contributed by atoms with E-state index in [4.69, 9.17) is 17.3 Å². The van der Waals surface area contributed by atoms with Crippen molar-refractivity contribution in [1.82, 2.24) is 4.98 Å². The molecule has 1 aromatic heterocycles. The second kappa shape index (κ2) is 4.99. The topological polar surface area (TPSA) is 50.9 Å². The summed E-state index contributed by atoms with van der Waals surface area (Å²) in [6.07, 6.45) is 6.53. The molecule has 0 aliphatic heterocycles. The number of nitrogens with one attached hydrogen (secondary N) is 1. The molecule has 1 saturated carbocycles. The predicted molar refractivity (Wildman–Crippen MR) is 80.6 cm³/mol. The number of hydrogen-bond donors (Lipinski definition) is 2. The van der Waals surface area contributed by atoms with Crippen molar-refractivity contribution < 1.29 is 0 Å². The molecule has 0 saturated heterocycles. The number of pyridine rings is 1. The van der Waals surface area contributed by atoms with Crippen molar-refractivity contribution in [1.29, 1.82) is 0 Å². The van der Waals surface area contributed by atoms with E-state index in [9.17, 15) is 0 Å². The van der Waals surface area contributed by atoms with Gasteiger partial charge in [-0.15, -0.1) is 0 Å². The molecule has 3 nitrogen and oxygen atoms in total. The zero-order valence-electron chi connectivity index (χ0n) is 10.8. The van der Waals surface area contributed by atoms with Gasteiger partial charge >= 0.3 is 0 Å². The van der Waals surface area contributed by atoms with Gasteiger partial charge in [0.1, 0.15) is 0 Å². The summed E-state index contributed by atoms with van der Waals surface area (Å²) in [5, 5.41) is 5.35. The van der Waals surface area contributed by atoms with Crippen molar-refractivity contribution in [3.63, 3.8) is 0 Å². The van der Waals surface area contributed by atoms with E-state index < -0.39 is 0 Å². The molecular weight excluding hydrogens is 258 g/mol. The van der Waals surface area contributed by atoms with Gasteiger partial charge in [0.25, 0.3) is 0 Å². The highest BCUT2D eigenvalue weighted by Gasteiger charge is 2.32. The van der Waals surface area contributed by atoms with Crippen LogP contribution in [0.15, 0.2) is 30.5 Å². The minimum absolute atomic E-state index is 0.0261. The Morgan fingerprint density at radius 3 is 2.79 bits per heavy atom. The van der Waals surface area contributed by atoms with E-state index in [1.165, 1.54) is 12.8 Å². The maximum Gasteiger partial charge on any atom is 0.0948 e. The Morgan fingerprint density at radius 1 is 1.26 bits per heavy atom. The average Bonchev–Trinajstić information content (AvgIpc) is 2.92. The molecule has 2 aromatic rings. The Balaban J connectivity index is 2.03. The van der Waals surface area contributed by atoms with Crippen LogP contribution >= 0.6 is 11.6 Å². The van der Waals surface area contributed by atoms with Crippen molar-refractivity contribution in [3.8, 4) is 0 Å². The zero-order chi connectivity index (χ0) is 13.3. The number of halogens is 1. The van der Waals surface area contributed by atoms with Crippen LogP contribution in [0.4, 0.5) is 5.69 Å². The molecule has 0 amide bonds. The summed E-state index contributed by atoms with van der Waals surface area (Å²) in [5.74, 6) is 0. The third-order valence-electron chi connectivity index (χ3n) is 4.07. The van der Waals surface area contributed by atoms with E-state index in [0.29, 0.717) is 6.54 Å². The fourth-order valence-electron chi connectivity index (χ4n) is 2.96. The van der Waals surface area contributed by atoms with E-state index in [0.717, 1.165) is 34.5 Å². The molecule has 4 heteroatoms. The summed E-state index contributed by atoms with van der Waals surface area (Å²) < 4.78 is 0. The van der Waals surface area contributed by atoms with Crippen LogP contribution in [0.3, 0.4) is 0 Å². The minimum atomic E-state index is 0.0261. The molecule has 1 aliphatic carbocycles. The van der Waals surface area contributed by atoms with Crippen molar-refractivity contribution in [2.75, 3.05) is 11.9 Å². The van der Waals surface area contributed by atoms with Gasteiger partial charge < -0.3 is 11.1 Å². The molecule has 0 spiro atoms. The quantitative estimate of drug-likeness (QED) is 0.900. The number of hydrogen-bond acceptors (Lipinski definition) is 3. The monoisotopic (exact) mass is 275 g/mol. The Hall–Kier alpha value is -1.32. The van der Waals surface area contributed by atoms with Crippen molar-refractivity contribution in [3.05, 3.63) is 35.5 Å². The smallest absolute Gasteiger partial charge is 0.0948 e. The van der Waals surface area contributed by atoms with Gasteiger partial charge in [-0.25, -0.2) is 0 Å². The number of fused-ring (bicyclic) bond motifs is 1. The molecule has 0 bridgehead atoms. The highest BCUT2D eigenvalue weighted by Crippen LogP contribution is 2.35. The summed E-state index contributed by atoms with van der Waals surface area (Å²) in [4.78, 5) is 4.46. The van der Waals surface area contributed by atoms with Crippen LogP contribution in [0.1, 0.15) is 25.7 Å². The van der Waals surface area contributed by atoms with Gasteiger partial charge in [0, 0.05) is 23.7 Å². The Kier molecular flexibility index (Phi) is 3.33. The van der Waals surface area contributed by atoms with Crippen LogP contribution in [-0.2, 0) is 0 Å². The van der Waals surface area contributed by atoms with Gasteiger partial charge in [-0.2, -0.15) is 0 Å². The summed E-state index contributed by atoms with van der Waals surface area (Å²) in [6, 6.07) is 7.84. The molecular formula is C15H18ClN3. The second-order valence-electron chi connectivity index (χ2n) is 5.31. The van der Waals surface area contributed by atoms with Gasteiger partial charge in [0.15, 0.2) is 0 Å². The first kappa shape index (κ1) is 12.7. The highest BCUT2D eigenvalue weighted by molar-refractivity contribution is 6.35. The largest absolute Gasteiger partial charge is 0.377 e. The zero-order valence-corrected chi connectivity index (χ0v) is 11.6. The second-order valence-corrected chi connectivity index (χ2v) is 5.72. The van der Waals surface area contributed by atoms with Crippen molar-refractivity contribution >= 4 is 28.2 Å². The lowest BCUT2D eigenvalue weighted by Gasteiger charge is -2.30. The van der Waals surface area contributed by atoms with Gasteiger partial charge in [-0.3, -0.25) is 4.98 Å². The number of aromatic nitrogens is 1. The summed E-state index contributed by atoms with van der Waals surface area (Å²) in [5.41, 5.74) is 7.97. The minimum Gasteiger partial charge on any atom is -0.377 e. The molecule has 0 atom stereocenters. The fourth-order valence-corrected chi connectivity index (χ4v) is 3.17. The molecule has 0 radical (unpaired) electrons. The number of nitrogens with zero attached hydrogens (tertiary/aromatic N) is 1. The van der Waals surface area contributed by atoms with Gasteiger partial charge in [0.05, 0.1) is 16.2 Å². The number of rotatable bonds is 3. The molecule has 1 aliphatic rings. The predicted octanol–water partition coefficient (Wildman–Crippen LogP) is 3.57. The van der Waals surface area contributed by atoms with Crippen LogP contribution in [0.2, 0.25) is 5.02 Å². The first-order valence-corrected chi connectivity index (χ1v) is 7.13. The van der Waals surface area contributed by atoms with Crippen molar-refractivity contribution in [2.45, 2.75) is 31.2 Å². The lowest BCUT2D eigenvalue weighted by atomic mass is 9.97. The maximum atomic E-state index is 6.22. The SMILES string of the molecule is NCC1(Nc2ccc(Cl)c3cccnc23)CCCC1. The first-order valence-electron chi connectivity index (χ1n) is 6.76. The van der Waals surface area contributed by atoms with E-state index >= 15 is 0 Å². The van der Waals surface area contributed by atoms with Gasteiger partial charge in [-0.05, 0) is 37.1 Å².